The minimum Gasteiger partial charge on any atom is -0.368 e. The summed E-state index contributed by atoms with van der Waals surface area (Å²) in [5, 5.41) is 3.17. The summed E-state index contributed by atoms with van der Waals surface area (Å²) in [6.45, 7) is 5.74. The van der Waals surface area contributed by atoms with Gasteiger partial charge >= 0.3 is 0 Å². The van der Waals surface area contributed by atoms with Gasteiger partial charge in [-0.15, -0.1) is 0 Å². The van der Waals surface area contributed by atoms with Crippen LogP contribution in [0.5, 0.6) is 0 Å². The number of hydrogen-bond acceptors (Lipinski definition) is 3. The van der Waals surface area contributed by atoms with Gasteiger partial charge in [0.1, 0.15) is 23.2 Å². The lowest BCUT2D eigenvalue weighted by atomic mass is 10.0. The number of benzene rings is 2. The molecule has 0 unspecified atom stereocenters. The number of nitrogens with one attached hydrogen (secondary N) is 1. The highest BCUT2D eigenvalue weighted by atomic mass is 35.5. The Morgan fingerprint density at radius 1 is 1.00 bits per heavy atom. The predicted octanol–water partition coefficient (Wildman–Crippen LogP) is 3.72. The molecule has 2 amide bonds. The molecule has 1 atom stereocenters. The van der Waals surface area contributed by atoms with E-state index < -0.39 is 29.1 Å². The summed E-state index contributed by atoms with van der Waals surface area (Å²) in [6, 6.07) is 9.85. The Kier molecular flexibility index (Phi) is 6.92. The van der Waals surface area contributed by atoms with Crippen LogP contribution >= 0.6 is 11.6 Å². The number of anilines is 1. The van der Waals surface area contributed by atoms with Crippen LogP contribution in [0.25, 0.3) is 0 Å². The van der Waals surface area contributed by atoms with Crippen LogP contribution in [0.3, 0.4) is 0 Å². The molecule has 160 valence electrons. The van der Waals surface area contributed by atoms with Crippen molar-refractivity contribution in [3.05, 3.63) is 64.7 Å². The highest BCUT2D eigenvalue weighted by molar-refractivity contribution is 6.30. The van der Waals surface area contributed by atoms with Crippen molar-refractivity contribution in [2.45, 2.75) is 19.9 Å². The van der Waals surface area contributed by atoms with E-state index in [1.165, 1.54) is 6.07 Å². The van der Waals surface area contributed by atoms with Crippen molar-refractivity contribution >= 4 is 29.1 Å². The zero-order valence-corrected chi connectivity index (χ0v) is 17.6. The number of carbonyl (C=O) groups is 2. The Balaban J connectivity index is 1.67. The van der Waals surface area contributed by atoms with Crippen molar-refractivity contribution in [2.24, 2.45) is 5.92 Å². The van der Waals surface area contributed by atoms with Crippen LogP contribution in [0.2, 0.25) is 5.02 Å². The molecule has 0 spiro atoms. The molecule has 30 heavy (non-hydrogen) atoms. The lowest BCUT2D eigenvalue weighted by Gasteiger charge is -2.38. The SMILES string of the molecule is CC(C)[C@@H](NC(=O)c1c(F)cccc1F)C(=O)N1CCN(c2cccc(Cl)c2)CC1. The van der Waals surface area contributed by atoms with Gasteiger partial charge < -0.3 is 15.1 Å². The molecule has 0 bridgehead atoms. The lowest BCUT2D eigenvalue weighted by molar-refractivity contribution is -0.134. The smallest absolute Gasteiger partial charge is 0.257 e. The van der Waals surface area contributed by atoms with Crippen molar-refractivity contribution < 1.29 is 18.4 Å². The molecule has 0 aliphatic carbocycles. The van der Waals surface area contributed by atoms with Crippen molar-refractivity contribution in [3.63, 3.8) is 0 Å². The van der Waals surface area contributed by atoms with Crippen LogP contribution in [-0.2, 0) is 4.79 Å². The van der Waals surface area contributed by atoms with E-state index in [0.29, 0.717) is 31.2 Å². The van der Waals surface area contributed by atoms with E-state index in [4.69, 9.17) is 11.6 Å². The summed E-state index contributed by atoms with van der Waals surface area (Å²) in [5.41, 5.74) is 0.306. The fourth-order valence-electron chi connectivity index (χ4n) is 3.50. The molecule has 1 heterocycles. The Hall–Kier alpha value is -2.67. The lowest BCUT2D eigenvalue weighted by Crippen LogP contribution is -2.56. The topological polar surface area (TPSA) is 52.7 Å². The second kappa shape index (κ2) is 9.43. The molecule has 5 nitrogen and oxygen atoms in total. The van der Waals surface area contributed by atoms with Crippen LogP contribution < -0.4 is 10.2 Å². The van der Waals surface area contributed by atoms with Gasteiger partial charge in [-0.2, -0.15) is 0 Å². The molecule has 1 aliphatic heterocycles. The molecular weight excluding hydrogens is 412 g/mol. The molecule has 3 rings (SSSR count). The molecule has 0 radical (unpaired) electrons. The summed E-state index contributed by atoms with van der Waals surface area (Å²) in [7, 11) is 0. The van der Waals surface area contributed by atoms with Crippen LogP contribution in [0, 0.1) is 17.6 Å². The summed E-state index contributed by atoms with van der Waals surface area (Å²) >= 11 is 6.06. The monoisotopic (exact) mass is 435 g/mol. The normalized spacial score (nSPS) is 15.3. The van der Waals surface area contributed by atoms with Gasteiger partial charge in [0, 0.05) is 36.9 Å². The first-order valence-electron chi connectivity index (χ1n) is 9.82. The average Bonchev–Trinajstić information content (AvgIpc) is 2.71. The number of nitrogens with zero attached hydrogens (tertiary/aromatic N) is 2. The molecule has 1 aliphatic rings. The number of piperazine rings is 1. The Morgan fingerprint density at radius 2 is 1.60 bits per heavy atom. The fraction of sp³-hybridized carbons (Fsp3) is 0.364. The number of rotatable bonds is 5. The highest BCUT2D eigenvalue weighted by Gasteiger charge is 2.32. The van der Waals surface area contributed by atoms with Gasteiger partial charge in [0.2, 0.25) is 5.91 Å². The Bertz CT molecular complexity index is 910. The van der Waals surface area contributed by atoms with Crippen molar-refractivity contribution in [1.29, 1.82) is 0 Å². The van der Waals surface area contributed by atoms with Crippen LogP contribution in [0.1, 0.15) is 24.2 Å². The zero-order chi connectivity index (χ0) is 21.8. The quantitative estimate of drug-likeness (QED) is 0.778. The standard InChI is InChI=1S/C22H24ClF2N3O2/c1-14(2)20(26-21(29)19-17(24)7-4-8-18(19)25)22(30)28-11-9-27(10-12-28)16-6-3-5-15(23)13-16/h3-8,13-14,20H,9-12H2,1-2H3,(H,26,29)/t20-/m1/s1. The number of amides is 2. The van der Waals surface area contributed by atoms with E-state index >= 15 is 0 Å². The van der Waals surface area contributed by atoms with E-state index in [9.17, 15) is 18.4 Å². The molecule has 8 heteroatoms. The first-order chi connectivity index (χ1) is 14.3. The number of carbonyl (C=O) groups excluding carboxylic acids is 2. The van der Waals surface area contributed by atoms with Gasteiger partial charge in [0.15, 0.2) is 0 Å². The van der Waals surface area contributed by atoms with Gasteiger partial charge in [0.05, 0.1) is 0 Å². The van der Waals surface area contributed by atoms with Crippen molar-refractivity contribution in [1.82, 2.24) is 10.2 Å². The second-order valence-electron chi connectivity index (χ2n) is 7.58. The first kappa shape index (κ1) is 22.0. The van der Waals surface area contributed by atoms with E-state index in [1.807, 2.05) is 18.2 Å². The van der Waals surface area contributed by atoms with Gasteiger partial charge in [-0.3, -0.25) is 9.59 Å². The molecule has 1 N–H and O–H groups in total. The van der Waals surface area contributed by atoms with E-state index in [-0.39, 0.29) is 11.8 Å². The number of halogens is 3. The van der Waals surface area contributed by atoms with Gasteiger partial charge in [-0.25, -0.2) is 8.78 Å². The van der Waals surface area contributed by atoms with Crippen LogP contribution in [0.4, 0.5) is 14.5 Å². The maximum Gasteiger partial charge on any atom is 0.257 e. The first-order valence-corrected chi connectivity index (χ1v) is 10.2. The predicted molar refractivity (Wildman–Crippen MR) is 113 cm³/mol. The van der Waals surface area contributed by atoms with E-state index in [2.05, 4.69) is 10.2 Å². The largest absolute Gasteiger partial charge is 0.368 e. The molecule has 2 aromatic carbocycles. The molecule has 1 saturated heterocycles. The zero-order valence-electron chi connectivity index (χ0n) is 16.9. The average molecular weight is 436 g/mol. The van der Waals surface area contributed by atoms with Gasteiger partial charge in [-0.1, -0.05) is 37.6 Å². The summed E-state index contributed by atoms with van der Waals surface area (Å²) < 4.78 is 27.9. The second-order valence-corrected chi connectivity index (χ2v) is 8.02. The van der Waals surface area contributed by atoms with Crippen molar-refractivity contribution in [3.8, 4) is 0 Å². The molecular formula is C22H24ClF2N3O2. The Morgan fingerprint density at radius 3 is 2.17 bits per heavy atom. The molecule has 1 fully saturated rings. The third-order valence-corrected chi connectivity index (χ3v) is 5.41. The van der Waals surface area contributed by atoms with Crippen molar-refractivity contribution in [2.75, 3.05) is 31.1 Å². The summed E-state index contributed by atoms with van der Waals surface area (Å²) in [4.78, 5) is 29.3. The summed E-state index contributed by atoms with van der Waals surface area (Å²) in [6.07, 6.45) is 0. The third kappa shape index (κ3) is 4.90. The molecule has 0 saturated carbocycles. The maximum absolute atomic E-state index is 13.9. The van der Waals surface area contributed by atoms with Crippen LogP contribution in [-0.4, -0.2) is 48.9 Å². The summed E-state index contributed by atoms with van der Waals surface area (Å²) in [5.74, 6) is -3.37. The van der Waals surface area contributed by atoms with E-state index in [1.54, 1.807) is 24.8 Å². The minimum absolute atomic E-state index is 0.248. The maximum atomic E-state index is 13.9. The number of hydrogen-bond donors (Lipinski definition) is 1. The van der Waals surface area contributed by atoms with E-state index in [0.717, 1.165) is 17.8 Å². The fourth-order valence-corrected chi connectivity index (χ4v) is 3.68. The Labute approximate surface area is 179 Å². The molecule has 0 aromatic heterocycles. The molecule has 2 aromatic rings. The van der Waals surface area contributed by atoms with Gasteiger partial charge in [0.25, 0.3) is 5.91 Å². The van der Waals surface area contributed by atoms with Gasteiger partial charge in [-0.05, 0) is 36.2 Å². The third-order valence-electron chi connectivity index (χ3n) is 5.17. The van der Waals surface area contributed by atoms with Crippen LogP contribution in [0.15, 0.2) is 42.5 Å². The minimum atomic E-state index is -0.961. The highest BCUT2D eigenvalue weighted by Crippen LogP contribution is 2.21.